The van der Waals surface area contributed by atoms with Gasteiger partial charge < -0.3 is 4.90 Å². The molecule has 0 aromatic carbocycles. The van der Waals surface area contributed by atoms with E-state index in [0.717, 1.165) is 6.54 Å². The SMILES string of the molecule is C=CCN=C(SC1C=CCCC1)N1CCCC1. The van der Waals surface area contributed by atoms with Gasteiger partial charge in [-0.2, -0.15) is 0 Å². The van der Waals surface area contributed by atoms with Crippen molar-refractivity contribution in [3.05, 3.63) is 24.8 Å². The van der Waals surface area contributed by atoms with Gasteiger partial charge in [-0.05, 0) is 32.1 Å². The van der Waals surface area contributed by atoms with Gasteiger partial charge in [-0.3, -0.25) is 4.99 Å². The molecule has 2 aliphatic rings. The number of aliphatic imine (C=N–C) groups is 1. The fourth-order valence-electron chi connectivity index (χ4n) is 2.28. The average molecular weight is 250 g/mol. The molecule has 1 fully saturated rings. The standard InChI is InChI=1S/C14H22N2S/c1-2-10-15-14(16-11-6-7-12-16)17-13-8-4-3-5-9-13/h2,4,8,13H,1,3,5-7,9-12H2. The van der Waals surface area contributed by atoms with Crippen LogP contribution in [0.15, 0.2) is 29.8 Å². The highest BCUT2D eigenvalue weighted by atomic mass is 32.2. The number of thioether (sulfide) groups is 1. The molecule has 94 valence electrons. The van der Waals surface area contributed by atoms with E-state index in [-0.39, 0.29) is 0 Å². The first-order valence-corrected chi connectivity index (χ1v) is 7.52. The smallest absolute Gasteiger partial charge is 0.160 e. The van der Waals surface area contributed by atoms with Crippen LogP contribution in [0.1, 0.15) is 32.1 Å². The highest BCUT2D eigenvalue weighted by molar-refractivity contribution is 8.14. The first-order chi connectivity index (χ1) is 8.40. The predicted octanol–water partition coefficient (Wildman–Crippen LogP) is 3.47. The summed E-state index contributed by atoms with van der Waals surface area (Å²) >= 11 is 1.94. The Morgan fingerprint density at radius 2 is 2.24 bits per heavy atom. The molecule has 1 atom stereocenters. The Labute approximate surface area is 109 Å². The van der Waals surface area contributed by atoms with Crippen molar-refractivity contribution < 1.29 is 0 Å². The van der Waals surface area contributed by atoms with Crippen LogP contribution in [-0.2, 0) is 0 Å². The number of hydrogen-bond acceptors (Lipinski definition) is 2. The van der Waals surface area contributed by atoms with Crippen LogP contribution in [0.2, 0.25) is 0 Å². The fraction of sp³-hybridized carbons (Fsp3) is 0.643. The zero-order chi connectivity index (χ0) is 11.9. The second-order valence-electron chi connectivity index (χ2n) is 4.62. The van der Waals surface area contributed by atoms with Gasteiger partial charge in [0.2, 0.25) is 0 Å². The minimum Gasteiger partial charge on any atom is -0.351 e. The number of likely N-dealkylation sites (tertiary alicyclic amines) is 1. The van der Waals surface area contributed by atoms with Crippen LogP contribution >= 0.6 is 11.8 Å². The zero-order valence-corrected chi connectivity index (χ0v) is 11.3. The second-order valence-corrected chi connectivity index (χ2v) is 5.83. The van der Waals surface area contributed by atoms with Gasteiger partial charge in [-0.15, -0.1) is 6.58 Å². The Morgan fingerprint density at radius 1 is 1.41 bits per heavy atom. The molecule has 3 heteroatoms. The van der Waals surface area contributed by atoms with Crippen LogP contribution < -0.4 is 0 Å². The lowest BCUT2D eigenvalue weighted by molar-refractivity contribution is 0.528. The van der Waals surface area contributed by atoms with E-state index < -0.39 is 0 Å². The third-order valence-corrected chi connectivity index (χ3v) is 4.49. The van der Waals surface area contributed by atoms with Gasteiger partial charge in [0.05, 0.1) is 6.54 Å². The van der Waals surface area contributed by atoms with Crippen LogP contribution in [0.25, 0.3) is 0 Å². The molecule has 2 rings (SSSR count). The monoisotopic (exact) mass is 250 g/mol. The summed E-state index contributed by atoms with van der Waals surface area (Å²) < 4.78 is 0. The quantitative estimate of drug-likeness (QED) is 0.433. The molecule has 0 aromatic rings. The molecular formula is C14H22N2S. The number of amidine groups is 1. The third kappa shape index (κ3) is 3.91. The molecule has 0 saturated carbocycles. The van der Waals surface area contributed by atoms with Crippen LogP contribution in [-0.4, -0.2) is 35.0 Å². The molecule has 0 bridgehead atoms. The fourth-order valence-corrected chi connectivity index (χ4v) is 3.50. The average Bonchev–Trinajstić information content (AvgIpc) is 2.89. The lowest BCUT2D eigenvalue weighted by Crippen LogP contribution is -2.27. The largest absolute Gasteiger partial charge is 0.351 e. The molecule has 1 aliphatic carbocycles. The van der Waals surface area contributed by atoms with Crippen LogP contribution in [0.5, 0.6) is 0 Å². The summed E-state index contributed by atoms with van der Waals surface area (Å²) in [6, 6.07) is 0. The maximum Gasteiger partial charge on any atom is 0.160 e. The summed E-state index contributed by atoms with van der Waals surface area (Å²) in [4.78, 5) is 7.11. The zero-order valence-electron chi connectivity index (χ0n) is 10.5. The Kier molecular flexibility index (Phi) is 5.17. The second kappa shape index (κ2) is 6.90. The maximum absolute atomic E-state index is 4.67. The minimum absolute atomic E-state index is 0.632. The van der Waals surface area contributed by atoms with Gasteiger partial charge in [-0.25, -0.2) is 0 Å². The van der Waals surface area contributed by atoms with Gasteiger partial charge in [0.25, 0.3) is 0 Å². The van der Waals surface area contributed by atoms with Crippen LogP contribution in [0.4, 0.5) is 0 Å². The van der Waals surface area contributed by atoms with Crippen LogP contribution in [0, 0.1) is 0 Å². The van der Waals surface area contributed by atoms with E-state index in [1.807, 2.05) is 17.8 Å². The van der Waals surface area contributed by atoms with Gasteiger partial charge in [-0.1, -0.05) is 30.0 Å². The first-order valence-electron chi connectivity index (χ1n) is 6.64. The molecule has 17 heavy (non-hydrogen) atoms. The lowest BCUT2D eigenvalue weighted by atomic mass is 10.1. The molecule has 1 saturated heterocycles. The normalized spacial score (nSPS) is 25.3. The van der Waals surface area contributed by atoms with Gasteiger partial charge in [0.1, 0.15) is 0 Å². The molecule has 0 radical (unpaired) electrons. The molecule has 1 heterocycles. The first kappa shape index (κ1) is 12.7. The van der Waals surface area contributed by atoms with Gasteiger partial charge in [0, 0.05) is 18.3 Å². The van der Waals surface area contributed by atoms with E-state index in [1.165, 1.54) is 50.4 Å². The Hall–Kier alpha value is -0.700. The number of hydrogen-bond donors (Lipinski definition) is 0. The molecular weight excluding hydrogens is 228 g/mol. The highest BCUT2D eigenvalue weighted by Crippen LogP contribution is 2.27. The van der Waals surface area contributed by atoms with Crippen molar-refractivity contribution in [2.24, 2.45) is 4.99 Å². The van der Waals surface area contributed by atoms with Crippen molar-refractivity contribution >= 4 is 16.9 Å². The van der Waals surface area contributed by atoms with E-state index in [9.17, 15) is 0 Å². The van der Waals surface area contributed by atoms with Crippen molar-refractivity contribution in [2.75, 3.05) is 19.6 Å². The number of nitrogens with zero attached hydrogens (tertiary/aromatic N) is 2. The molecule has 2 nitrogen and oxygen atoms in total. The van der Waals surface area contributed by atoms with E-state index >= 15 is 0 Å². The van der Waals surface area contributed by atoms with E-state index in [0.29, 0.717) is 5.25 Å². The van der Waals surface area contributed by atoms with Crippen molar-refractivity contribution in [3.63, 3.8) is 0 Å². The van der Waals surface area contributed by atoms with E-state index in [2.05, 4.69) is 28.6 Å². The third-order valence-electron chi connectivity index (χ3n) is 3.20. The summed E-state index contributed by atoms with van der Waals surface area (Å²) in [6.07, 6.45) is 13.0. The summed E-state index contributed by atoms with van der Waals surface area (Å²) in [6.45, 7) is 6.86. The van der Waals surface area contributed by atoms with Crippen molar-refractivity contribution in [1.82, 2.24) is 4.90 Å². The molecule has 0 amide bonds. The molecule has 1 unspecified atom stereocenters. The minimum atomic E-state index is 0.632. The van der Waals surface area contributed by atoms with Crippen molar-refractivity contribution in [2.45, 2.75) is 37.4 Å². The van der Waals surface area contributed by atoms with E-state index in [1.54, 1.807) is 0 Å². The number of rotatable bonds is 3. The number of allylic oxidation sites excluding steroid dienone is 1. The highest BCUT2D eigenvalue weighted by Gasteiger charge is 2.20. The summed E-state index contributed by atoms with van der Waals surface area (Å²) in [5.41, 5.74) is 0. The Bertz CT molecular complexity index is 303. The topological polar surface area (TPSA) is 15.6 Å². The van der Waals surface area contributed by atoms with Crippen molar-refractivity contribution in [1.29, 1.82) is 0 Å². The lowest BCUT2D eigenvalue weighted by Gasteiger charge is -2.23. The Balaban J connectivity index is 1.96. The molecule has 1 aliphatic heterocycles. The van der Waals surface area contributed by atoms with Gasteiger partial charge in [0.15, 0.2) is 5.17 Å². The molecule has 0 N–H and O–H groups in total. The summed E-state index contributed by atoms with van der Waals surface area (Å²) in [5.74, 6) is 0. The predicted molar refractivity (Wildman–Crippen MR) is 77.7 cm³/mol. The summed E-state index contributed by atoms with van der Waals surface area (Å²) in [7, 11) is 0. The van der Waals surface area contributed by atoms with Gasteiger partial charge >= 0.3 is 0 Å². The maximum atomic E-state index is 4.67. The summed E-state index contributed by atoms with van der Waals surface area (Å²) in [5, 5.41) is 1.87. The van der Waals surface area contributed by atoms with Crippen LogP contribution in [0.3, 0.4) is 0 Å². The molecule has 0 aromatic heterocycles. The molecule has 0 spiro atoms. The van der Waals surface area contributed by atoms with E-state index in [4.69, 9.17) is 0 Å². The van der Waals surface area contributed by atoms with Crippen molar-refractivity contribution in [3.8, 4) is 0 Å². The Morgan fingerprint density at radius 3 is 2.88 bits per heavy atom.